The Morgan fingerprint density at radius 3 is 2.42 bits per heavy atom. The highest BCUT2D eigenvalue weighted by Crippen LogP contribution is 2.67. The molecule has 2 nitrogen and oxygen atoms in total. The van der Waals surface area contributed by atoms with Crippen molar-refractivity contribution in [3.05, 3.63) is 88.1 Å². The van der Waals surface area contributed by atoms with E-state index in [0.29, 0.717) is 5.92 Å². The first-order valence-electron chi connectivity index (χ1n) is 8.66. The average Bonchev–Trinajstić information content (AvgIpc) is 2.56. The van der Waals surface area contributed by atoms with E-state index < -0.39 is 0 Å². The van der Waals surface area contributed by atoms with Gasteiger partial charge in [-0.05, 0) is 41.3 Å². The first kappa shape index (κ1) is 13.9. The number of nitrogens with two attached hydrogens (primary N) is 2. The summed E-state index contributed by atoms with van der Waals surface area (Å²) in [6, 6.07) is 15.2. The molecule has 0 aromatic heterocycles. The van der Waals surface area contributed by atoms with E-state index >= 15 is 0 Å². The van der Waals surface area contributed by atoms with Crippen molar-refractivity contribution in [3.8, 4) is 0 Å². The number of rotatable bonds is 0. The fourth-order valence-corrected chi connectivity index (χ4v) is 5.51. The average molecular weight is 314 g/mol. The quantitative estimate of drug-likeness (QED) is 0.713. The van der Waals surface area contributed by atoms with Crippen molar-refractivity contribution in [2.45, 2.75) is 25.7 Å². The molecule has 0 fully saturated rings. The first-order valence-corrected chi connectivity index (χ1v) is 8.66. The van der Waals surface area contributed by atoms with Gasteiger partial charge >= 0.3 is 0 Å². The summed E-state index contributed by atoms with van der Waals surface area (Å²) in [6.07, 6.45) is 4.57. The first-order chi connectivity index (χ1) is 11.5. The van der Waals surface area contributed by atoms with Crippen molar-refractivity contribution in [1.29, 1.82) is 0 Å². The van der Waals surface area contributed by atoms with Gasteiger partial charge in [0.05, 0.1) is 0 Å². The highest BCUT2D eigenvalue weighted by atomic mass is 14.7. The van der Waals surface area contributed by atoms with E-state index in [1.165, 1.54) is 27.8 Å². The van der Waals surface area contributed by atoms with Gasteiger partial charge < -0.3 is 11.5 Å². The van der Waals surface area contributed by atoms with Crippen LogP contribution in [0, 0.1) is 11.3 Å². The van der Waals surface area contributed by atoms with E-state index in [1.54, 1.807) is 0 Å². The molecule has 2 aromatic carbocycles. The van der Waals surface area contributed by atoms with Crippen LogP contribution in [0.3, 0.4) is 0 Å². The molecule has 0 amide bonds. The largest absolute Gasteiger partial charge is 0.402 e. The molecule has 4 aliphatic carbocycles. The Hall–Kier alpha value is -2.48. The van der Waals surface area contributed by atoms with Crippen LogP contribution in [0.25, 0.3) is 0 Å². The van der Waals surface area contributed by atoms with E-state index in [9.17, 15) is 0 Å². The van der Waals surface area contributed by atoms with Crippen LogP contribution in [0.1, 0.15) is 47.9 Å². The topological polar surface area (TPSA) is 52.0 Å². The highest BCUT2D eigenvalue weighted by molar-refractivity contribution is 5.68. The van der Waals surface area contributed by atoms with E-state index in [0.717, 1.165) is 11.4 Å². The second-order valence-corrected chi connectivity index (χ2v) is 7.71. The molecule has 0 spiro atoms. The van der Waals surface area contributed by atoms with Crippen molar-refractivity contribution in [1.82, 2.24) is 0 Å². The predicted molar refractivity (Wildman–Crippen MR) is 98.6 cm³/mol. The van der Waals surface area contributed by atoms with Crippen LogP contribution in [0.15, 0.2) is 65.9 Å². The minimum Gasteiger partial charge on any atom is -0.402 e. The Morgan fingerprint density at radius 1 is 0.917 bits per heavy atom. The lowest BCUT2D eigenvalue weighted by atomic mass is 9.45. The predicted octanol–water partition coefficient (Wildman–Crippen LogP) is 4.28. The van der Waals surface area contributed by atoms with Crippen LogP contribution in [0.4, 0.5) is 5.69 Å². The third-order valence-electron chi connectivity index (χ3n) is 6.54. The molecule has 2 bridgehead atoms. The minimum atomic E-state index is -0.0840. The summed E-state index contributed by atoms with van der Waals surface area (Å²) >= 11 is 0. The van der Waals surface area contributed by atoms with Gasteiger partial charge in [0.25, 0.3) is 0 Å². The second-order valence-electron chi connectivity index (χ2n) is 7.71. The zero-order chi connectivity index (χ0) is 16.6. The summed E-state index contributed by atoms with van der Waals surface area (Å²) < 4.78 is 0. The van der Waals surface area contributed by atoms with Crippen LogP contribution in [0.2, 0.25) is 0 Å². The van der Waals surface area contributed by atoms with Crippen molar-refractivity contribution < 1.29 is 0 Å². The number of anilines is 1. The van der Waals surface area contributed by atoms with E-state index in [2.05, 4.69) is 62.4 Å². The van der Waals surface area contributed by atoms with Gasteiger partial charge in [-0.1, -0.05) is 55.0 Å². The minimum absolute atomic E-state index is 0.0840. The maximum absolute atomic E-state index is 6.64. The van der Waals surface area contributed by atoms with Crippen LogP contribution >= 0.6 is 0 Å². The van der Waals surface area contributed by atoms with E-state index in [4.69, 9.17) is 11.5 Å². The molecule has 0 saturated carbocycles. The number of nitrogen functional groups attached to an aromatic ring is 1. The van der Waals surface area contributed by atoms with Crippen LogP contribution < -0.4 is 11.5 Å². The molecule has 4 N–H and O–H groups in total. The van der Waals surface area contributed by atoms with Crippen LogP contribution in [-0.2, 0) is 0 Å². The number of hydrogen-bond donors (Lipinski definition) is 2. The Labute approximate surface area is 142 Å². The van der Waals surface area contributed by atoms with Gasteiger partial charge in [0.2, 0.25) is 0 Å². The van der Waals surface area contributed by atoms with Gasteiger partial charge in [-0.25, -0.2) is 0 Å². The molecule has 0 radical (unpaired) electrons. The van der Waals surface area contributed by atoms with Gasteiger partial charge in [0.15, 0.2) is 0 Å². The zero-order valence-corrected chi connectivity index (χ0v) is 14.1. The van der Waals surface area contributed by atoms with Gasteiger partial charge in [0, 0.05) is 34.6 Å². The summed E-state index contributed by atoms with van der Waals surface area (Å²) in [5.41, 5.74) is 21.7. The molecular formula is C22H22N2. The van der Waals surface area contributed by atoms with Gasteiger partial charge in [-0.2, -0.15) is 0 Å². The lowest BCUT2D eigenvalue weighted by Gasteiger charge is -2.58. The third kappa shape index (κ3) is 1.43. The summed E-state index contributed by atoms with van der Waals surface area (Å²) in [7, 11) is 0. The maximum atomic E-state index is 6.64. The monoisotopic (exact) mass is 314 g/mol. The van der Waals surface area contributed by atoms with Crippen molar-refractivity contribution in [2.24, 2.45) is 17.1 Å². The molecule has 120 valence electrons. The summed E-state index contributed by atoms with van der Waals surface area (Å²) in [6.45, 7) is 4.49. The van der Waals surface area contributed by atoms with Gasteiger partial charge in [-0.15, -0.1) is 0 Å². The lowest BCUT2D eigenvalue weighted by molar-refractivity contribution is 0.183. The van der Waals surface area contributed by atoms with Crippen molar-refractivity contribution in [3.63, 3.8) is 0 Å². The maximum Gasteiger partial charge on any atom is 0.0356 e. The Bertz CT molecular complexity index is 937. The molecule has 2 aromatic rings. The molecule has 0 heterocycles. The van der Waals surface area contributed by atoms with E-state index in [1.807, 2.05) is 6.07 Å². The number of allylic oxidation sites excluding steroid dienone is 4. The number of hydrogen-bond acceptors (Lipinski definition) is 2. The van der Waals surface area contributed by atoms with Crippen LogP contribution in [-0.4, -0.2) is 0 Å². The van der Waals surface area contributed by atoms with Gasteiger partial charge in [0.1, 0.15) is 0 Å². The second kappa shape index (κ2) is 4.32. The Morgan fingerprint density at radius 2 is 1.62 bits per heavy atom. The Balaban J connectivity index is 1.92. The van der Waals surface area contributed by atoms with Crippen molar-refractivity contribution in [2.75, 3.05) is 5.73 Å². The third-order valence-corrected chi connectivity index (χ3v) is 6.54. The molecule has 6 rings (SSSR count). The lowest BCUT2D eigenvalue weighted by Crippen LogP contribution is -2.50. The summed E-state index contributed by atoms with van der Waals surface area (Å²) in [5, 5.41) is 0. The smallest absolute Gasteiger partial charge is 0.0356 e. The van der Waals surface area contributed by atoms with E-state index in [-0.39, 0.29) is 17.3 Å². The molecule has 2 heteroatoms. The fraction of sp³-hybridized carbons (Fsp3) is 0.273. The highest BCUT2D eigenvalue weighted by Gasteiger charge is 2.58. The normalized spacial score (nSPS) is 32.3. The summed E-state index contributed by atoms with van der Waals surface area (Å²) in [5.74, 6) is 0.914. The summed E-state index contributed by atoms with van der Waals surface area (Å²) in [4.78, 5) is 0. The fourth-order valence-electron chi connectivity index (χ4n) is 5.51. The number of benzene rings is 2. The molecular weight excluding hydrogens is 292 g/mol. The molecule has 4 unspecified atom stereocenters. The zero-order valence-electron chi connectivity index (χ0n) is 14.1. The SMILES string of the molecule is CC1=CC2C3c4ccccc4C(c4cccc(N)c43)C2(C)C(N)=C1. The molecule has 4 aliphatic rings. The molecule has 0 aliphatic heterocycles. The Kier molecular flexibility index (Phi) is 2.51. The van der Waals surface area contributed by atoms with Crippen molar-refractivity contribution >= 4 is 5.69 Å². The standard InChI is InChI=1S/C22H22N2/c1-12-10-16-19-13-6-3-4-7-14(13)21(22(16,2)18(24)11-12)15-8-5-9-17(23)20(15)19/h3-11,16,19,21H,23-24H2,1-2H3. The molecule has 24 heavy (non-hydrogen) atoms. The van der Waals surface area contributed by atoms with Gasteiger partial charge in [-0.3, -0.25) is 0 Å². The van der Waals surface area contributed by atoms with Crippen LogP contribution in [0.5, 0.6) is 0 Å². The molecule has 4 atom stereocenters. The molecule has 0 saturated heterocycles.